The van der Waals surface area contributed by atoms with Gasteiger partial charge in [-0.3, -0.25) is 19.1 Å². The van der Waals surface area contributed by atoms with Crippen LogP contribution in [-0.4, -0.2) is 20.4 Å². The Morgan fingerprint density at radius 2 is 1.72 bits per heavy atom. The van der Waals surface area contributed by atoms with E-state index in [0.29, 0.717) is 11.4 Å². The number of benzene rings is 1. The molecule has 0 aliphatic heterocycles. The van der Waals surface area contributed by atoms with Gasteiger partial charge in [0.2, 0.25) is 0 Å². The molecule has 150 valence electrons. The van der Waals surface area contributed by atoms with Crippen LogP contribution in [0.3, 0.4) is 0 Å². The van der Waals surface area contributed by atoms with Crippen LogP contribution in [0.5, 0.6) is 0 Å². The molecule has 0 atom stereocenters. The van der Waals surface area contributed by atoms with Crippen molar-refractivity contribution < 1.29 is 4.79 Å². The Morgan fingerprint density at radius 3 is 2.34 bits per heavy atom. The molecule has 0 radical (unpaired) electrons. The lowest BCUT2D eigenvalue weighted by atomic mass is 10.0. The summed E-state index contributed by atoms with van der Waals surface area (Å²) in [4.78, 5) is 34.2. The minimum atomic E-state index is -0.607. The smallest absolute Gasteiger partial charge is 0.272 e. The van der Waals surface area contributed by atoms with Gasteiger partial charge >= 0.3 is 0 Å². The standard InChI is InChI=1S/C22H25N5O2/c1-5-15-7-13(3)19(14(4)8-15)27-12-25-20(23)18(22(27)29)21(28)26-17-9-16(6-2)10-24-11-17/h7-12H,5-6,23H2,1-4H3,(H,26,28). The zero-order valence-electron chi connectivity index (χ0n) is 17.1. The number of nitrogens with two attached hydrogens (primary N) is 1. The monoisotopic (exact) mass is 391 g/mol. The summed E-state index contributed by atoms with van der Waals surface area (Å²) in [5.41, 5.74) is 10.4. The number of nitrogen functional groups attached to an aromatic ring is 1. The van der Waals surface area contributed by atoms with Crippen molar-refractivity contribution in [1.29, 1.82) is 0 Å². The Morgan fingerprint density at radius 1 is 1.07 bits per heavy atom. The van der Waals surface area contributed by atoms with Gasteiger partial charge in [0, 0.05) is 6.20 Å². The zero-order chi connectivity index (χ0) is 21.1. The Balaban J connectivity index is 2.06. The normalized spacial score (nSPS) is 10.8. The average Bonchev–Trinajstić information content (AvgIpc) is 2.69. The molecule has 2 aromatic heterocycles. The maximum absolute atomic E-state index is 13.2. The number of aromatic nitrogens is 3. The van der Waals surface area contributed by atoms with Crippen LogP contribution in [0.25, 0.3) is 5.69 Å². The van der Waals surface area contributed by atoms with E-state index in [9.17, 15) is 9.59 Å². The van der Waals surface area contributed by atoms with Crippen LogP contribution in [0.2, 0.25) is 0 Å². The lowest BCUT2D eigenvalue weighted by Crippen LogP contribution is -2.31. The summed E-state index contributed by atoms with van der Waals surface area (Å²) in [6.45, 7) is 7.95. The Kier molecular flexibility index (Phi) is 5.77. The first-order valence-corrected chi connectivity index (χ1v) is 9.58. The molecule has 0 aliphatic rings. The molecule has 0 bridgehead atoms. The topological polar surface area (TPSA) is 103 Å². The molecule has 0 saturated carbocycles. The van der Waals surface area contributed by atoms with Gasteiger partial charge in [0.05, 0.1) is 17.6 Å². The van der Waals surface area contributed by atoms with Crippen molar-refractivity contribution in [2.75, 3.05) is 11.1 Å². The SMILES string of the molecule is CCc1cncc(NC(=O)c2c(N)ncn(-c3c(C)cc(CC)cc3C)c2=O)c1. The number of carbonyl (C=O) groups is 1. The molecule has 0 fully saturated rings. The van der Waals surface area contributed by atoms with Crippen molar-refractivity contribution in [1.82, 2.24) is 14.5 Å². The second kappa shape index (κ2) is 8.26. The summed E-state index contributed by atoms with van der Waals surface area (Å²) >= 11 is 0. The minimum absolute atomic E-state index is 0.108. The Bertz CT molecular complexity index is 1110. The second-order valence-corrected chi connectivity index (χ2v) is 7.00. The fourth-order valence-corrected chi connectivity index (χ4v) is 3.41. The van der Waals surface area contributed by atoms with Crippen LogP contribution in [0.4, 0.5) is 11.5 Å². The van der Waals surface area contributed by atoms with Crippen LogP contribution < -0.4 is 16.6 Å². The largest absolute Gasteiger partial charge is 0.383 e. The van der Waals surface area contributed by atoms with E-state index < -0.39 is 11.5 Å². The molecule has 0 spiro atoms. The van der Waals surface area contributed by atoms with Crippen molar-refractivity contribution in [3.05, 3.63) is 75.1 Å². The molecule has 0 aliphatic carbocycles. The number of hydrogen-bond acceptors (Lipinski definition) is 5. The van der Waals surface area contributed by atoms with Gasteiger partial charge in [0.25, 0.3) is 11.5 Å². The van der Waals surface area contributed by atoms with Gasteiger partial charge in [-0.15, -0.1) is 0 Å². The van der Waals surface area contributed by atoms with Crippen LogP contribution in [0.15, 0.2) is 41.7 Å². The molecule has 0 unspecified atom stereocenters. The highest BCUT2D eigenvalue weighted by Gasteiger charge is 2.20. The van der Waals surface area contributed by atoms with Crippen molar-refractivity contribution >= 4 is 17.4 Å². The third-order valence-electron chi connectivity index (χ3n) is 4.89. The molecule has 29 heavy (non-hydrogen) atoms. The summed E-state index contributed by atoms with van der Waals surface area (Å²) < 4.78 is 1.39. The molecular weight excluding hydrogens is 366 g/mol. The lowest BCUT2D eigenvalue weighted by Gasteiger charge is -2.16. The molecule has 7 heteroatoms. The number of pyridine rings is 1. The van der Waals surface area contributed by atoms with E-state index in [1.54, 1.807) is 6.20 Å². The number of carbonyl (C=O) groups excluding carboxylic acids is 1. The van der Waals surface area contributed by atoms with Crippen molar-refractivity contribution in [2.45, 2.75) is 40.5 Å². The van der Waals surface area contributed by atoms with E-state index in [-0.39, 0.29) is 11.4 Å². The Labute approximate surface area is 169 Å². The van der Waals surface area contributed by atoms with E-state index in [1.165, 1.54) is 22.7 Å². The molecule has 7 nitrogen and oxygen atoms in total. The molecule has 1 amide bonds. The number of aryl methyl sites for hydroxylation is 4. The fourth-order valence-electron chi connectivity index (χ4n) is 3.41. The quantitative estimate of drug-likeness (QED) is 0.695. The fraction of sp³-hybridized carbons (Fsp3) is 0.273. The van der Waals surface area contributed by atoms with E-state index in [4.69, 9.17) is 5.73 Å². The van der Waals surface area contributed by atoms with Crippen LogP contribution >= 0.6 is 0 Å². The first-order valence-electron chi connectivity index (χ1n) is 9.58. The minimum Gasteiger partial charge on any atom is -0.383 e. The van der Waals surface area contributed by atoms with Gasteiger partial charge in [-0.05, 0) is 55.0 Å². The first-order chi connectivity index (χ1) is 13.8. The molecule has 0 saturated heterocycles. The maximum atomic E-state index is 13.2. The number of anilines is 2. The second-order valence-electron chi connectivity index (χ2n) is 7.00. The first kappa shape index (κ1) is 20.3. The number of rotatable bonds is 5. The van der Waals surface area contributed by atoms with E-state index >= 15 is 0 Å². The molecule has 3 aromatic rings. The highest BCUT2D eigenvalue weighted by Crippen LogP contribution is 2.21. The maximum Gasteiger partial charge on any atom is 0.272 e. The summed E-state index contributed by atoms with van der Waals surface area (Å²) in [5.74, 6) is -0.714. The highest BCUT2D eigenvalue weighted by atomic mass is 16.2. The summed E-state index contributed by atoms with van der Waals surface area (Å²) in [7, 11) is 0. The number of nitrogens with zero attached hydrogens (tertiary/aromatic N) is 3. The van der Waals surface area contributed by atoms with Gasteiger partial charge in [0.15, 0.2) is 0 Å². The van der Waals surface area contributed by atoms with E-state index in [2.05, 4.69) is 22.2 Å². The number of nitrogens with one attached hydrogen (secondary N) is 1. The predicted molar refractivity (Wildman–Crippen MR) is 115 cm³/mol. The molecule has 2 heterocycles. The molecular formula is C22H25N5O2. The van der Waals surface area contributed by atoms with E-state index in [0.717, 1.165) is 29.5 Å². The lowest BCUT2D eigenvalue weighted by molar-refractivity contribution is 0.102. The third kappa shape index (κ3) is 4.03. The van der Waals surface area contributed by atoms with Gasteiger partial charge < -0.3 is 11.1 Å². The van der Waals surface area contributed by atoms with Crippen molar-refractivity contribution in [3.63, 3.8) is 0 Å². The van der Waals surface area contributed by atoms with Crippen LogP contribution in [0.1, 0.15) is 46.5 Å². The molecule has 3 rings (SSSR count). The van der Waals surface area contributed by atoms with Crippen LogP contribution in [0, 0.1) is 13.8 Å². The number of hydrogen-bond donors (Lipinski definition) is 2. The Hall–Kier alpha value is -3.48. The highest BCUT2D eigenvalue weighted by molar-refractivity contribution is 6.06. The van der Waals surface area contributed by atoms with Crippen LogP contribution in [-0.2, 0) is 12.8 Å². The summed E-state index contributed by atoms with van der Waals surface area (Å²) in [6, 6.07) is 5.88. The third-order valence-corrected chi connectivity index (χ3v) is 4.89. The van der Waals surface area contributed by atoms with Gasteiger partial charge in [-0.25, -0.2) is 4.98 Å². The summed E-state index contributed by atoms with van der Waals surface area (Å²) in [6.07, 6.45) is 6.31. The van der Waals surface area contributed by atoms with Gasteiger partial charge in [0.1, 0.15) is 17.7 Å². The van der Waals surface area contributed by atoms with Gasteiger partial charge in [-0.1, -0.05) is 26.0 Å². The predicted octanol–water partition coefficient (Wildman–Crippen LogP) is 3.20. The van der Waals surface area contributed by atoms with E-state index in [1.807, 2.05) is 39.0 Å². The molecule has 3 N–H and O–H groups in total. The van der Waals surface area contributed by atoms with Crippen molar-refractivity contribution in [2.24, 2.45) is 0 Å². The average molecular weight is 391 g/mol. The zero-order valence-corrected chi connectivity index (χ0v) is 17.1. The molecule has 1 aromatic carbocycles. The van der Waals surface area contributed by atoms with Crippen molar-refractivity contribution in [3.8, 4) is 5.69 Å². The summed E-state index contributed by atoms with van der Waals surface area (Å²) in [5, 5.41) is 2.71. The number of amides is 1. The van der Waals surface area contributed by atoms with Gasteiger partial charge in [-0.2, -0.15) is 0 Å².